The molecule has 1 aromatic carbocycles. The van der Waals surface area contributed by atoms with Gasteiger partial charge in [-0.1, -0.05) is 41.9 Å². The van der Waals surface area contributed by atoms with Crippen LogP contribution in [0.3, 0.4) is 0 Å². The summed E-state index contributed by atoms with van der Waals surface area (Å²) in [5, 5.41) is 3.96. The van der Waals surface area contributed by atoms with Gasteiger partial charge in [0.2, 0.25) is 0 Å². The minimum atomic E-state index is 0.849. The zero-order valence-electron chi connectivity index (χ0n) is 8.45. The minimum absolute atomic E-state index is 0.849. The lowest BCUT2D eigenvalue weighted by atomic mass is 10.1. The molecular weight excluding hydrogens is 174 g/mol. The highest BCUT2D eigenvalue weighted by molar-refractivity contribution is 5.57. The Morgan fingerprint density at radius 2 is 1.93 bits per heavy atom. The van der Waals surface area contributed by atoms with Crippen molar-refractivity contribution < 1.29 is 4.52 Å². The Bertz CT molecular complexity index is 414. The Morgan fingerprint density at radius 1 is 1.21 bits per heavy atom. The minimum Gasteiger partial charge on any atom is -0.356 e. The second-order valence-electron chi connectivity index (χ2n) is 3.40. The third-order valence-corrected chi connectivity index (χ3v) is 2.26. The molecule has 0 aliphatic carbocycles. The molecule has 0 N–H and O–H groups in total. The van der Waals surface area contributed by atoms with E-state index in [-0.39, 0.29) is 0 Å². The molecule has 2 rings (SSSR count). The van der Waals surface area contributed by atoms with Crippen LogP contribution in [0.15, 0.2) is 34.9 Å². The zero-order valence-corrected chi connectivity index (χ0v) is 8.45. The highest BCUT2D eigenvalue weighted by Crippen LogP contribution is 2.20. The Morgan fingerprint density at radius 3 is 2.50 bits per heavy atom. The molecule has 0 amide bonds. The van der Waals surface area contributed by atoms with Crippen molar-refractivity contribution in [1.29, 1.82) is 0 Å². The van der Waals surface area contributed by atoms with Crippen molar-refractivity contribution in [2.45, 2.75) is 20.3 Å². The average Bonchev–Trinajstić information content (AvgIpc) is 2.67. The number of aromatic nitrogens is 1. The smallest absolute Gasteiger partial charge is 0.167 e. The Balaban J connectivity index is 2.34. The zero-order chi connectivity index (χ0) is 9.97. The first kappa shape index (κ1) is 9.00. The van der Waals surface area contributed by atoms with Gasteiger partial charge in [-0.15, -0.1) is 0 Å². The van der Waals surface area contributed by atoms with Crippen molar-refractivity contribution in [1.82, 2.24) is 5.16 Å². The molecule has 2 heteroatoms. The van der Waals surface area contributed by atoms with Crippen LogP contribution in [0.4, 0.5) is 0 Å². The van der Waals surface area contributed by atoms with E-state index in [2.05, 4.69) is 43.3 Å². The van der Waals surface area contributed by atoms with Gasteiger partial charge in [-0.05, 0) is 13.3 Å². The molecule has 1 heterocycles. The lowest BCUT2D eigenvalue weighted by Crippen LogP contribution is -1.75. The highest BCUT2D eigenvalue weighted by Gasteiger charge is 2.04. The topological polar surface area (TPSA) is 26.0 Å². The van der Waals surface area contributed by atoms with Crippen molar-refractivity contribution in [3.05, 3.63) is 41.6 Å². The summed E-state index contributed by atoms with van der Waals surface area (Å²) >= 11 is 0. The van der Waals surface area contributed by atoms with Gasteiger partial charge in [-0.25, -0.2) is 0 Å². The van der Waals surface area contributed by atoms with Crippen molar-refractivity contribution >= 4 is 0 Å². The van der Waals surface area contributed by atoms with Crippen LogP contribution in [-0.2, 0) is 6.42 Å². The number of rotatable bonds is 2. The van der Waals surface area contributed by atoms with Crippen LogP contribution in [-0.4, -0.2) is 5.16 Å². The predicted octanol–water partition coefficient (Wildman–Crippen LogP) is 3.21. The quantitative estimate of drug-likeness (QED) is 0.721. The van der Waals surface area contributed by atoms with E-state index in [4.69, 9.17) is 4.52 Å². The van der Waals surface area contributed by atoms with Gasteiger partial charge in [-0.3, -0.25) is 0 Å². The van der Waals surface area contributed by atoms with Crippen molar-refractivity contribution in [3.8, 4) is 11.3 Å². The second-order valence-corrected chi connectivity index (χ2v) is 3.40. The molecular formula is C12H13NO. The van der Waals surface area contributed by atoms with E-state index in [1.165, 1.54) is 5.56 Å². The number of hydrogen-bond acceptors (Lipinski definition) is 2. The van der Waals surface area contributed by atoms with Crippen molar-refractivity contribution in [3.63, 3.8) is 0 Å². The summed E-state index contributed by atoms with van der Waals surface area (Å²) in [7, 11) is 0. The summed E-state index contributed by atoms with van der Waals surface area (Å²) in [6.07, 6.45) is 0.912. The molecule has 1 aromatic heterocycles. The predicted molar refractivity (Wildman–Crippen MR) is 56.1 cm³/mol. The molecule has 14 heavy (non-hydrogen) atoms. The first-order valence-electron chi connectivity index (χ1n) is 4.82. The molecule has 0 radical (unpaired) electrons. The fraction of sp³-hybridized carbons (Fsp3) is 0.250. The number of hydrogen-bond donors (Lipinski definition) is 0. The van der Waals surface area contributed by atoms with E-state index in [0.29, 0.717) is 0 Å². The number of nitrogens with zero attached hydrogens (tertiary/aromatic N) is 1. The third-order valence-electron chi connectivity index (χ3n) is 2.26. The van der Waals surface area contributed by atoms with Crippen molar-refractivity contribution in [2.24, 2.45) is 0 Å². The van der Waals surface area contributed by atoms with Gasteiger partial charge in [-0.2, -0.15) is 0 Å². The maximum absolute atomic E-state index is 5.23. The highest BCUT2D eigenvalue weighted by atomic mass is 16.5. The van der Waals surface area contributed by atoms with Gasteiger partial charge in [0.05, 0.1) is 5.69 Å². The van der Waals surface area contributed by atoms with E-state index >= 15 is 0 Å². The van der Waals surface area contributed by atoms with E-state index in [0.717, 1.165) is 23.4 Å². The SMILES string of the molecule is CCc1cc(-c2ccc(C)cc2)on1. The molecule has 0 saturated carbocycles. The summed E-state index contributed by atoms with van der Waals surface area (Å²) < 4.78 is 5.23. The third kappa shape index (κ3) is 1.69. The van der Waals surface area contributed by atoms with Crippen LogP contribution in [0.2, 0.25) is 0 Å². The largest absolute Gasteiger partial charge is 0.356 e. The number of benzene rings is 1. The molecule has 0 aliphatic heterocycles. The molecule has 0 bridgehead atoms. The molecule has 2 nitrogen and oxygen atoms in total. The van der Waals surface area contributed by atoms with E-state index < -0.39 is 0 Å². The van der Waals surface area contributed by atoms with Gasteiger partial charge in [0, 0.05) is 11.6 Å². The Hall–Kier alpha value is -1.57. The van der Waals surface area contributed by atoms with Gasteiger partial charge in [0.15, 0.2) is 5.76 Å². The Kier molecular flexibility index (Phi) is 2.35. The van der Waals surface area contributed by atoms with Crippen LogP contribution in [0.25, 0.3) is 11.3 Å². The molecule has 0 aliphatic rings. The summed E-state index contributed by atoms with van der Waals surface area (Å²) in [5.74, 6) is 0.849. The summed E-state index contributed by atoms with van der Waals surface area (Å²) in [6.45, 7) is 4.14. The molecule has 72 valence electrons. The first-order valence-corrected chi connectivity index (χ1v) is 4.82. The van der Waals surface area contributed by atoms with Gasteiger partial charge in [0.1, 0.15) is 0 Å². The fourth-order valence-corrected chi connectivity index (χ4v) is 1.33. The Labute approximate surface area is 83.5 Å². The molecule has 0 saturated heterocycles. The molecule has 0 atom stereocenters. The summed E-state index contributed by atoms with van der Waals surface area (Å²) in [6, 6.07) is 10.2. The van der Waals surface area contributed by atoms with Gasteiger partial charge < -0.3 is 4.52 Å². The lowest BCUT2D eigenvalue weighted by molar-refractivity contribution is 0.424. The monoisotopic (exact) mass is 187 g/mol. The van der Waals surface area contributed by atoms with Crippen LogP contribution in [0.1, 0.15) is 18.2 Å². The lowest BCUT2D eigenvalue weighted by Gasteiger charge is -1.95. The van der Waals surface area contributed by atoms with E-state index in [9.17, 15) is 0 Å². The fourth-order valence-electron chi connectivity index (χ4n) is 1.33. The van der Waals surface area contributed by atoms with E-state index in [1.54, 1.807) is 0 Å². The van der Waals surface area contributed by atoms with Crippen LogP contribution >= 0.6 is 0 Å². The normalized spacial score (nSPS) is 10.4. The van der Waals surface area contributed by atoms with E-state index in [1.807, 2.05) is 6.07 Å². The molecule has 0 fully saturated rings. The van der Waals surface area contributed by atoms with Crippen LogP contribution in [0, 0.1) is 6.92 Å². The molecule has 0 spiro atoms. The molecule has 0 unspecified atom stereocenters. The average molecular weight is 187 g/mol. The van der Waals surface area contributed by atoms with Gasteiger partial charge >= 0.3 is 0 Å². The number of aryl methyl sites for hydroxylation is 2. The van der Waals surface area contributed by atoms with Crippen LogP contribution in [0.5, 0.6) is 0 Å². The van der Waals surface area contributed by atoms with Gasteiger partial charge in [0.25, 0.3) is 0 Å². The maximum atomic E-state index is 5.23. The maximum Gasteiger partial charge on any atom is 0.167 e. The summed E-state index contributed by atoms with van der Waals surface area (Å²) in [4.78, 5) is 0. The van der Waals surface area contributed by atoms with Crippen molar-refractivity contribution in [2.75, 3.05) is 0 Å². The second kappa shape index (κ2) is 3.66. The molecule has 2 aromatic rings. The van der Waals surface area contributed by atoms with Crippen LogP contribution < -0.4 is 0 Å². The standard InChI is InChI=1S/C12H13NO/c1-3-11-8-12(14-13-11)10-6-4-9(2)5-7-10/h4-8H,3H2,1-2H3. The summed E-state index contributed by atoms with van der Waals surface area (Å²) in [5.41, 5.74) is 3.34. The first-order chi connectivity index (χ1) is 6.79.